The molecule has 0 bridgehead atoms. The first-order valence-corrected chi connectivity index (χ1v) is 8.61. The van der Waals surface area contributed by atoms with Crippen LogP contribution in [0.5, 0.6) is 0 Å². The summed E-state index contributed by atoms with van der Waals surface area (Å²) in [4.78, 5) is 22.6. The van der Waals surface area contributed by atoms with Gasteiger partial charge >= 0.3 is 0 Å². The van der Waals surface area contributed by atoms with E-state index in [0.29, 0.717) is 24.7 Å². The molecule has 1 aliphatic rings. The fourth-order valence-corrected chi connectivity index (χ4v) is 2.93. The number of guanidine groups is 1. The summed E-state index contributed by atoms with van der Waals surface area (Å²) in [6.07, 6.45) is 5.72. The number of hydrogen-bond acceptors (Lipinski definition) is 4. The largest absolute Gasteiger partial charge is 0.355 e. The smallest absolute Gasteiger partial charge is 0.252 e. The van der Waals surface area contributed by atoms with Crippen molar-refractivity contribution in [3.63, 3.8) is 0 Å². The number of aromatic nitrogens is 1. The Morgan fingerprint density at radius 1 is 1.38 bits per heavy atom. The van der Waals surface area contributed by atoms with Crippen LogP contribution in [0.3, 0.4) is 0 Å². The van der Waals surface area contributed by atoms with Gasteiger partial charge in [0.05, 0.1) is 5.56 Å². The zero-order chi connectivity index (χ0) is 17.2. The molecule has 132 valence electrons. The van der Waals surface area contributed by atoms with Crippen molar-refractivity contribution in [2.75, 3.05) is 39.8 Å². The summed E-state index contributed by atoms with van der Waals surface area (Å²) < 4.78 is 0. The van der Waals surface area contributed by atoms with E-state index in [1.165, 1.54) is 19.4 Å². The van der Waals surface area contributed by atoms with Gasteiger partial charge in [0.2, 0.25) is 0 Å². The molecule has 1 aromatic heterocycles. The molecule has 1 saturated heterocycles. The van der Waals surface area contributed by atoms with E-state index in [9.17, 15) is 4.79 Å². The van der Waals surface area contributed by atoms with Gasteiger partial charge in [0.15, 0.2) is 5.96 Å². The Balaban J connectivity index is 1.64. The molecule has 1 amide bonds. The third kappa shape index (κ3) is 5.49. The summed E-state index contributed by atoms with van der Waals surface area (Å²) in [5.41, 5.74) is 0.570. The van der Waals surface area contributed by atoms with Crippen molar-refractivity contribution in [1.82, 2.24) is 25.8 Å². The van der Waals surface area contributed by atoms with Crippen molar-refractivity contribution < 1.29 is 4.79 Å². The number of nitrogens with one attached hydrogen (secondary N) is 3. The number of rotatable bonds is 7. The molecule has 1 aliphatic heterocycles. The van der Waals surface area contributed by atoms with Crippen molar-refractivity contribution in [1.29, 1.82) is 0 Å². The first kappa shape index (κ1) is 18.2. The van der Waals surface area contributed by atoms with Crippen LogP contribution in [0.15, 0.2) is 29.5 Å². The second-order valence-corrected chi connectivity index (χ2v) is 5.80. The first-order chi connectivity index (χ1) is 11.7. The maximum Gasteiger partial charge on any atom is 0.252 e. The number of nitrogens with zero attached hydrogens (tertiary/aromatic N) is 3. The fourth-order valence-electron chi connectivity index (χ4n) is 2.93. The predicted octanol–water partition coefficient (Wildman–Crippen LogP) is 0.461. The van der Waals surface area contributed by atoms with E-state index in [1.54, 1.807) is 31.6 Å². The van der Waals surface area contributed by atoms with Gasteiger partial charge in [0.1, 0.15) is 0 Å². The molecule has 7 nitrogen and oxygen atoms in total. The summed E-state index contributed by atoms with van der Waals surface area (Å²) in [5, 5.41) is 9.45. The standard InChI is InChI=1S/C17H28N6O/c1-3-23-11-5-7-15(23)13-22-17(18-2)21-10-9-20-16(24)14-6-4-8-19-12-14/h4,6,8,12,15H,3,5,7,9-11,13H2,1-2H3,(H,20,24)(H2,18,21,22). The molecule has 1 fully saturated rings. The van der Waals surface area contributed by atoms with Crippen molar-refractivity contribution in [2.24, 2.45) is 4.99 Å². The van der Waals surface area contributed by atoms with E-state index < -0.39 is 0 Å². The summed E-state index contributed by atoms with van der Waals surface area (Å²) in [6, 6.07) is 4.08. The van der Waals surface area contributed by atoms with Crippen LogP contribution in [0.25, 0.3) is 0 Å². The van der Waals surface area contributed by atoms with Crippen molar-refractivity contribution >= 4 is 11.9 Å². The summed E-state index contributed by atoms with van der Waals surface area (Å²) in [7, 11) is 1.76. The fraction of sp³-hybridized carbons (Fsp3) is 0.588. The van der Waals surface area contributed by atoms with Gasteiger partial charge in [-0.15, -0.1) is 0 Å². The second kappa shape index (κ2) is 9.87. The zero-order valence-electron chi connectivity index (χ0n) is 14.6. The van der Waals surface area contributed by atoms with Crippen LogP contribution in [0.2, 0.25) is 0 Å². The van der Waals surface area contributed by atoms with Crippen LogP contribution < -0.4 is 16.0 Å². The van der Waals surface area contributed by atoms with Gasteiger partial charge in [0, 0.05) is 45.1 Å². The quantitative estimate of drug-likeness (QED) is 0.384. The van der Waals surface area contributed by atoms with Crippen LogP contribution >= 0.6 is 0 Å². The minimum absolute atomic E-state index is 0.114. The highest BCUT2D eigenvalue weighted by Crippen LogP contribution is 2.15. The molecule has 1 unspecified atom stereocenters. The SMILES string of the molecule is CCN1CCCC1CNC(=NC)NCCNC(=O)c1cccnc1. The van der Waals surface area contributed by atoms with E-state index in [0.717, 1.165) is 19.0 Å². The molecule has 0 radical (unpaired) electrons. The molecule has 7 heteroatoms. The number of amides is 1. The normalized spacial score (nSPS) is 18.4. The highest BCUT2D eigenvalue weighted by atomic mass is 16.1. The lowest BCUT2D eigenvalue weighted by Gasteiger charge is -2.24. The molecule has 24 heavy (non-hydrogen) atoms. The lowest BCUT2D eigenvalue weighted by atomic mass is 10.2. The molecule has 0 aromatic carbocycles. The third-order valence-electron chi connectivity index (χ3n) is 4.26. The van der Waals surface area contributed by atoms with Gasteiger partial charge < -0.3 is 16.0 Å². The molecule has 1 aromatic rings. The van der Waals surface area contributed by atoms with E-state index >= 15 is 0 Å². The molecule has 2 heterocycles. The van der Waals surface area contributed by atoms with Gasteiger partial charge in [0.25, 0.3) is 5.91 Å². The van der Waals surface area contributed by atoms with Crippen LogP contribution in [-0.4, -0.2) is 67.6 Å². The number of carbonyl (C=O) groups excluding carboxylic acids is 1. The van der Waals surface area contributed by atoms with E-state index in [1.807, 2.05) is 0 Å². The summed E-state index contributed by atoms with van der Waals surface area (Å²) >= 11 is 0. The minimum Gasteiger partial charge on any atom is -0.355 e. The summed E-state index contributed by atoms with van der Waals surface area (Å²) in [5.74, 6) is 0.658. The lowest BCUT2D eigenvalue weighted by molar-refractivity contribution is 0.0954. The second-order valence-electron chi connectivity index (χ2n) is 5.80. The highest BCUT2D eigenvalue weighted by Gasteiger charge is 2.22. The Hall–Kier alpha value is -2.15. The molecule has 1 atom stereocenters. The Morgan fingerprint density at radius 2 is 2.21 bits per heavy atom. The summed E-state index contributed by atoms with van der Waals surface area (Å²) in [6.45, 7) is 6.53. The number of hydrogen-bond donors (Lipinski definition) is 3. The van der Waals surface area contributed by atoms with Crippen molar-refractivity contribution in [2.45, 2.75) is 25.8 Å². The zero-order valence-corrected chi connectivity index (χ0v) is 14.6. The number of pyridine rings is 1. The molecule has 3 N–H and O–H groups in total. The molecule has 2 rings (SSSR count). The minimum atomic E-state index is -0.114. The lowest BCUT2D eigenvalue weighted by Crippen LogP contribution is -2.46. The van der Waals surface area contributed by atoms with E-state index in [4.69, 9.17) is 0 Å². The van der Waals surface area contributed by atoms with Gasteiger partial charge in [-0.3, -0.25) is 19.7 Å². The number of likely N-dealkylation sites (N-methyl/N-ethyl adjacent to an activating group) is 1. The molecule has 0 aliphatic carbocycles. The Labute approximate surface area is 143 Å². The third-order valence-corrected chi connectivity index (χ3v) is 4.26. The van der Waals surface area contributed by atoms with Crippen LogP contribution in [0.4, 0.5) is 0 Å². The number of aliphatic imine (C=N–C) groups is 1. The topological polar surface area (TPSA) is 81.6 Å². The van der Waals surface area contributed by atoms with Gasteiger partial charge in [-0.05, 0) is 38.1 Å². The average Bonchev–Trinajstić information content (AvgIpc) is 3.09. The van der Waals surface area contributed by atoms with E-state index in [-0.39, 0.29) is 5.91 Å². The first-order valence-electron chi connectivity index (χ1n) is 8.61. The Kier molecular flexibility index (Phi) is 7.48. The van der Waals surface area contributed by atoms with Crippen molar-refractivity contribution in [3.05, 3.63) is 30.1 Å². The Morgan fingerprint density at radius 3 is 2.92 bits per heavy atom. The maximum atomic E-state index is 11.9. The van der Waals surface area contributed by atoms with E-state index in [2.05, 4.69) is 37.8 Å². The average molecular weight is 332 g/mol. The predicted molar refractivity (Wildman–Crippen MR) is 96.2 cm³/mol. The van der Waals surface area contributed by atoms with Gasteiger partial charge in [-0.2, -0.15) is 0 Å². The van der Waals surface area contributed by atoms with Crippen molar-refractivity contribution in [3.8, 4) is 0 Å². The van der Waals surface area contributed by atoms with Crippen LogP contribution in [0.1, 0.15) is 30.1 Å². The van der Waals surface area contributed by atoms with Gasteiger partial charge in [-0.1, -0.05) is 6.92 Å². The highest BCUT2D eigenvalue weighted by molar-refractivity contribution is 5.93. The molecule has 0 saturated carbocycles. The molecule has 0 spiro atoms. The number of likely N-dealkylation sites (tertiary alicyclic amines) is 1. The monoisotopic (exact) mass is 332 g/mol. The van der Waals surface area contributed by atoms with Gasteiger partial charge in [-0.25, -0.2) is 0 Å². The molecular weight excluding hydrogens is 304 g/mol. The maximum absolute atomic E-state index is 11.9. The van der Waals surface area contributed by atoms with Crippen LogP contribution in [0, 0.1) is 0 Å². The number of carbonyl (C=O) groups is 1. The molecular formula is C17H28N6O. The van der Waals surface area contributed by atoms with Crippen LogP contribution in [-0.2, 0) is 0 Å². The Bertz CT molecular complexity index is 533.